The Kier molecular flexibility index (Phi) is 17.2. The van der Waals surface area contributed by atoms with Gasteiger partial charge < -0.3 is 0 Å². The molecule has 1 radical (unpaired) electrons. The van der Waals surface area contributed by atoms with Crippen molar-refractivity contribution in [3.8, 4) is 0 Å². The van der Waals surface area contributed by atoms with Gasteiger partial charge in [0.1, 0.15) is 6.42 Å². The van der Waals surface area contributed by atoms with Crippen LogP contribution < -0.4 is 0 Å². The minimum Gasteiger partial charge on any atom is -0.247 e. The lowest BCUT2D eigenvalue weighted by Gasteiger charge is -2.42. The fraction of sp³-hybridized carbons (Fsp3) is 0.962. The first-order valence-corrected chi connectivity index (χ1v) is 16.7. The normalized spacial score (nSPS) is 14.6. The van der Waals surface area contributed by atoms with Crippen LogP contribution in [0.3, 0.4) is 0 Å². The Morgan fingerprint density at radius 1 is 0.435 bits per heavy atom. The van der Waals surface area contributed by atoms with Gasteiger partial charge in [-0.25, -0.2) is 9.90 Å². The number of carbonyl (C=O) groups excluding carboxylic acids is 1. The van der Waals surface area contributed by atoms with Crippen LogP contribution in [0.2, 0.25) is 0 Å². The second-order valence-electron chi connectivity index (χ2n) is 10.8. The third-order valence-corrected chi connectivity index (χ3v) is 12.2. The molecule has 0 unspecified atom stereocenters. The molecule has 0 aliphatic rings. The lowest BCUT2D eigenvalue weighted by Crippen LogP contribution is -2.74. The van der Waals surface area contributed by atoms with Gasteiger partial charge >= 0.3 is 53.6 Å². The molecule has 0 aromatic rings. The molecule has 0 N–H and O–H groups in total. The van der Waals surface area contributed by atoms with Gasteiger partial charge in [0.25, 0.3) is 0 Å². The SMILES string of the molecule is CCCC[P+](CCCC)(CCCC)CCCC.[O]C(=O)CC(F)(F)C(F)(F)C(F)(F)C(F)(F)C(F)(F)C(F)(F)C(F)(F)C(F)(F)F. The molecular weight excluding hydrogens is 698 g/mol. The predicted octanol–water partition coefficient (Wildman–Crippen LogP) is 11.5. The molecule has 0 bridgehead atoms. The zero-order chi connectivity index (χ0) is 37.3. The van der Waals surface area contributed by atoms with E-state index in [1.807, 2.05) is 0 Å². The highest BCUT2D eigenvalue weighted by Crippen LogP contribution is 2.64. The van der Waals surface area contributed by atoms with Gasteiger partial charge in [-0.2, -0.15) is 74.6 Å². The van der Waals surface area contributed by atoms with Gasteiger partial charge in [0, 0.05) is 7.26 Å². The van der Waals surface area contributed by atoms with Gasteiger partial charge in [-0.15, -0.1) is 0 Å². The van der Waals surface area contributed by atoms with E-state index < -0.39 is 67.3 Å². The molecule has 46 heavy (non-hydrogen) atoms. The fourth-order valence-corrected chi connectivity index (χ4v) is 9.42. The van der Waals surface area contributed by atoms with Crippen LogP contribution in [0, 0.1) is 0 Å². The topological polar surface area (TPSA) is 37.0 Å². The summed E-state index contributed by atoms with van der Waals surface area (Å²) in [5.41, 5.74) is 0. The van der Waals surface area contributed by atoms with E-state index in [1.54, 1.807) is 24.6 Å². The number of halogens is 17. The van der Waals surface area contributed by atoms with E-state index in [9.17, 15) is 84.5 Å². The molecule has 0 saturated heterocycles. The lowest BCUT2D eigenvalue weighted by molar-refractivity contribution is -0.461. The van der Waals surface area contributed by atoms with Gasteiger partial charge in [0.2, 0.25) is 0 Å². The standard InChI is InChI=1S/C16H36P.C10H2F17O2/c1-5-9-13-17(14-10-6-2,15-11-7-3)16-12-8-4;11-3(12,1-2(28)29)4(13,14)5(15,16)6(17,18)7(19,20)8(21,22)9(23,24)10(25,26)27/h5-16H2,1-4H3;1H2/q+1;. The van der Waals surface area contributed by atoms with Gasteiger partial charge in [-0.1, -0.05) is 53.4 Å². The van der Waals surface area contributed by atoms with Crippen LogP contribution in [0.5, 0.6) is 0 Å². The van der Waals surface area contributed by atoms with Crippen molar-refractivity contribution >= 4 is 13.2 Å². The molecule has 0 amide bonds. The summed E-state index contributed by atoms with van der Waals surface area (Å²) in [4.78, 5) is 9.79. The maximum Gasteiger partial charge on any atom is 0.460 e. The van der Waals surface area contributed by atoms with Crippen LogP contribution in [0.15, 0.2) is 0 Å². The molecule has 0 spiro atoms. The van der Waals surface area contributed by atoms with Crippen molar-refractivity contribution in [1.29, 1.82) is 0 Å². The molecule has 0 atom stereocenters. The molecule has 0 fully saturated rings. The number of carbonyl (C=O) groups is 1. The number of hydrogen-bond donors (Lipinski definition) is 0. The highest BCUT2D eigenvalue weighted by Gasteiger charge is 2.95. The third kappa shape index (κ3) is 9.88. The van der Waals surface area contributed by atoms with Crippen LogP contribution in [0.4, 0.5) is 74.6 Å². The summed E-state index contributed by atoms with van der Waals surface area (Å²) in [6, 6.07) is 0. The molecule has 0 rings (SSSR count). The molecule has 0 aromatic heterocycles. The van der Waals surface area contributed by atoms with Crippen molar-refractivity contribution in [3.05, 3.63) is 0 Å². The van der Waals surface area contributed by atoms with Gasteiger partial charge in [-0.05, 0) is 25.7 Å². The van der Waals surface area contributed by atoms with Crippen molar-refractivity contribution in [2.75, 3.05) is 24.6 Å². The fourth-order valence-electron chi connectivity index (χ4n) is 4.13. The Morgan fingerprint density at radius 2 is 0.674 bits per heavy atom. The first-order valence-electron chi connectivity index (χ1n) is 14.2. The minimum absolute atomic E-state index is 0.562. The average molecular weight is 737 g/mol. The smallest absolute Gasteiger partial charge is 0.247 e. The quantitative estimate of drug-likeness (QED) is 0.0906. The second-order valence-corrected chi connectivity index (χ2v) is 15.3. The van der Waals surface area contributed by atoms with Crippen molar-refractivity contribution in [2.45, 2.75) is 133 Å². The molecular formula is C26H38F17O2P+. The number of hydrogen-bond acceptors (Lipinski definition) is 1. The molecule has 0 aliphatic heterocycles. The number of unbranched alkanes of at least 4 members (excludes halogenated alkanes) is 4. The van der Waals surface area contributed by atoms with E-state index >= 15 is 0 Å². The van der Waals surface area contributed by atoms with Gasteiger partial charge in [-0.3, -0.25) is 0 Å². The van der Waals surface area contributed by atoms with Crippen LogP contribution in [0.25, 0.3) is 0 Å². The van der Waals surface area contributed by atoms with Gasteiger partial charge in [0.15, 0.2) is 0 Å². The van der Waals surface area contributed by atoms with Crippen molar-refractivity contribution < 1.29 is 84.5 Å². The highest BCUT2D eigenvalue weighted by molar-refractivity contribution is 7.75. The molecule has 0 heterocycles. The van der Waals surface area contributed by atoms with Crippen LogP contribution in [0.1, 0.15) is 85.5 Å². The first kappa shape index (κ1) is 46.8. The average Bonchev–Trinajstić information content (AvgIpc) is 2.90. The summed E-state index contributed by atoms with van der Waals surface area (Å²) in [6.07, 6.45) is 6.53. The molecule has 0 aliphatic carbocycles. The van der Waals surface area contributed by atoms with Crippen molar-refractivity contribution in [3.63, 3.8) is 0 Å². The number of rotatable bonds is 20. The Morgan fingerprint density at radius 3 is 0.891 bits per heavy atom. The highest BCUT2D eigenvalue weighted by atomic mass is 31.2. The lowest BCUT2D eigenvalue weighted by atomic mass is 9.88. The Hall–Kier alpha value is -1.29. The van der Waals surface area contributed by atoms with Crippen LogP contribution in [-0.2, 0) is 9.90 Å². The monoisotopic (exact) mass is 736 g/mol. The summed E-state index contributed by atoms with van der Waals surface area (Å²) in [5, 5.41) is 9.79. The Bertz CT molecular complexity index is 883. The summed E-state index contributed by atoms with van der Waals surface area (Å²) < 4.78 is 216. The molecule has 0 saturated carbocycles. The van der Waals surface area contributed by atoms with E-state index in [1.165, 1.54) is 51.4 Å². The first-order chi connectivity index (χ1) is 20.4. The van der Waals surface area contributed by atoms with Crippen molar-refractivity contribution in [1.82, 2.24) is 0 Å². The molecule has 0 aromatic carbocycles. The van der Waals surface area contributed by atoms with E-state index in [0.29, 0.717) is 0 Å². The summed E-state index contributed by atoms with van der Waals surface area (Å²) in [6.45, 7) is 9.42. The third-order valence-electron chi connectivity index (χ3n) is 7.10. The van der Waals surface area contributed by atoms with Crippen LogP contribution in [-0.4, -0.2) is 78.3 Å². The van der Waals surface area contributed by atoms with Gasteiger partial charge in [0.05, 0.1) is 24.6 Å². The minimum atomic E-state index is -8.73. The van der Waals surface area contributed by atoms with Crippen molar-refractivity contribution in [2.24, 2.45) is 0 Å². The summed E-state index contributed by atoms with van der Waals surface area (Å²) in [7, 11) is -0.562. The largest absolute Gasteiger partial charge is 0.460 e. The molecule has 2 nitrogen and oxygen atoms in total. The molecule has 277 valence electrons. The number of alkyl halides is 17. The van der Waals surface area contributed by atoms with E-state index in [4.69, 9.17) is 0 Å². The predicted molar refractivity (Wildman–Crippen MR) is 137 cm³/mol. The second kappa shape index (κ2) is 16.9. The van der Waals surface area contributed by atoms with E-state index in [2.05, 4.69) is 27.7 Å². The zero-order valence-electron chi connectivity index (χ0n) is 25.4. The molecule has 20 heteroatoms. The summed E-state index contributed by atoms with van der Waals surface area (Å²) >= 11 is 0. The maximum absolute atomic E-state index is 13.1. The Balaban J connectivity index is 0. The Labute approximate surface area is 256 Å². The zero-order valence-corrected chi connectivity index (χ0v) is 26.3. The van der Waals surface area contributed by atoms with Crippen LogP contribution >= 0.6 is 7.26 Å². The van der Waals surface area contributed by atoms with E-state index in [0.717, 1.165) is 0 Å². The van der Waals surface area contributed by atoms with E-state index in [-0.39, 0.29) is 0 Å². The maximum atomic E-state index is 13.1. The summed E-state index contributed by atoms with van der Waals surface area (Å²) in [5.74, 6) is -61.1.